The lowest BCUT2D eigenvalue weighted by Gasteiger charge is -2.16. The molecule has 10 heteroatoms. The molecule has 0 fully saturated rings. The average molecular weight is 594 g/mol. The molecule has 0 bridgehead atoms. The van der Waals surface area contributed by atoms with Gasteiger partial charge in [-0.05, 0) is 61.4 Å². The van der Waals surface area contributed by atoms with E-state index in [1.54, 1.807) is 7.11 Å². The third-order valence-corrected chi connectivity index (χ3v) is 8.06. The third-order valence-electron chi connectivity index (χ3n) is 7.74. The lowest BCUT2D eigenvalue weighted by molar-refractivity contribution is -0.141. The predicted octanol–water partition coefficient (Wildman–Crippen LogP) is 6.04. The molecule has 4 aromatic rings. The first-order valence-corrected chi connectivity index (χ1v) is 14.5. The van der Waals surface area contributed by atoms with Gasteiger partial charge in [-0.15, -0.1) is 0 Å². The highest BCUT2D eigenvalue weighted by atomic mass is 35.5. The molecule has 0 amide bonds. The number of carbonyl (C=O) groups is 2. The largest absolute Gasteiger partial charge is 0.497 e. The maximum atomic E-state index is 13.1. The van der Waals surface area contributed by atoms with Crippen LogP contribution < -0.4 is 4.74 Å². The SMILES string of the molecule is COC(=O)c1c(CCCOC(C)=O)c2ccc(Cl)c(-c3c(COCc4ccc(OC)cc4)nn4c3CCCC4)c2n1C. The van der Waals surface area contributed by atoms with Crippen LogP contribution in [0.2, 0.25) is 5.02 Å². The first kappa shape index (κ1) is 29.7. The van der Waals surface area contributed by atoms with Crippen LogP contribution in [0.3, 0.4) is 0 Å². The van der Waals surface area contributed by atoms with Crippen LogP contribution in [0, 0.1) is 0 Å². The lowest BCUT2D eigenvalue weighted by atomic mass is 9.95. The number of benzene rings is 2. The second kappa shape index (κ2) is 13.0. The number of halogens is 1. The molecule has 0 radical (unpaired) electrons. The van der Waals surface area contributed by atoms with Gasteiger partial charge in [0.05, 0.1) is 50.3 Å². The summed E-state index contributed by atoms with van der Waals surface area (Å²) in [6, 6.07) is 11.6. The predicted molar refractivity (Wildman–Crippen MR) is 160 cm³/mol. The number of aromatic nitrogens is 3. The first-order valence-electron chi connectivity index (χ1n) is 14.1. The first-order chi connectivity index (χ1) is 20.3. The summed E-state index contributed by atoms with van der Waals surface area (Å²) in [7, 11) is 4.88. The van der Waals surface area contributed by atoms with Crippen molar-refractivity contribution in [1.82, 2.24) is 14.3 Å². The van der Waals surface area contributed by atoms with Crippen molar-refractivity contribution in [3.05, 3.63) is 69.6 Å². The van der Waals surface area contributed by atoms with Crippen LogP contribution >= 0.6 is 11.6 Å². The molecule has 0 N–H and O–H groups in total. The summed E-state index contributed by atoms with van der Waals surface area (Å²) < 4.78 is 25.7. The van der Waals surface area contributed by atoms with Crippen LogP contribution in [0.25, 0.3) is 22.0 Å². The molecule has 0 saturated carbocycles. The molecule has 9 nitrogen and oxygen atoms in total. The number of hydrogen-bond acceptors (Lipinski definition) is 7. The third kappa shape index (κ3) is 5.89. The van der Waals surface area contributed by atoms with E-state index in [1.165, 1.54) is 14.0 Å². The Kier molecular flexibility index (Phi) is 9.18. The number of carbonyl (C=O) groups excluding carboxylic acids is 2. The maximum Gasteiger partial charge on any atom is 0.354 e. The number of ether oxygens (including phenoxy) is 4. The average Bonchev–Trinajstić information content (AvgIpc) is 3.49. The number of methoxy groups -OCH3 is 2. The highest BCUT2D eigenvalue weighted by molar-refractivity contribution is 6.35. The van der Waals surface area contributed by atoms with Crippen molar-refractivity contribution in [3.63, 3.8) is 0 Å². The number of rotatable bonds is 11. The Hall–Kier alpha value is -3.82. The Bertz CT molecular complexity index is 1610. The quantitative estimate of drug-likeness (QED) is 0.155. The highest BCUT2D eigenvalue weighted by Crippen LogP contribution is 2.43. The summed E-state index contributed by atoms with van der Waals surface area (Å²) in [5, 5.41) is 6.46. The summed E-state index contributed by atoms with van der Waals surface area (Å²) in [6.07, 6.45) is 4.08. The summed E-state index contributed by atoms with van der Waals surface area (Å²) in [6.45, 7) is 3.21. The Morgan fingerprint density at radius 1 is 1.02 bits per heavy atom. The Morgan fingerprint density at radius 2 is 1.81 bits per heavy atom. The van der Waals surface area contributed by atoms with Crippen molar-refractivity contribution in [2.24, 2.45) is 7.05 Å². The monoisotopic (exact) mass is 593 g/mol. The van der Waals surface area contributed by atoms with Gasteiger partial charge in [0.1, 0.15) is 11.4 Å². The highest BCUT2D eigenvalue weighted by Gasteiger charge is 2.29. The molecular formula is C32H36ClN3O6. The molecule has 5 rings (SSSR count). The van der Waals surface area contributed by atoms with Gasteiger partial charge in [0.25, 0.3) is 0 Å². The van der Waals surface area contributed by atoms with E-state index in [0.29, 0.717) is 36.8 Å². The Balaban J connectivity index is 1.58. The van der Waals surface area contributed by atoms with Crippen molar-refractivity contribution >= 4 is 34.4 Å². The van der Waals surface area contributed by atoms with Gasteiger partial charge < -0.3 is 23.5 Å². The van der Waals surface area contributed by atoms with Crippen LogP contribution in [0.1, 0.15) is 59.2 Å². The number of nitrogens with zero attached hydrogens (tertiary/aromatic N) is 3. The molecule has 1 aliphatic heterocycles. The van der Waals surface area contributed by atoms with Gasteiger partial charge in [0, 0.05) is 42.7 Å². The van der Waals surface area contributed by atoms with Gasteiger partial charge in [0.2, 0.25) is 0 Å². The Morgan fingerprint density at radius 3 is 2.52 bits per heavy atom. The van der Waals surface area contributed by atoms with Gasteiger partial charge in [-0.3, -0.25) is 9.48 Å². The number of esters is 2. The Labute approximate surface area is 250 Å². The second-order valence-electron chi connectivity index (χ2n) is 10.4. The molecule has 2 aromatic carbocycles. The minimum Gasteiger partial charge on any atom is -0.497 e. The van der Waals surface area contributed by atoms with Gasteiger partial charge in [-0.25, -0.2) is 4.79 Å². The van der Waals surface area contributed by atoms with E-state index in [1.807, 2.05) is 48.0 Å². The molecule has 42 heavy (non-hydrogen) atoms. The summed E-state index contributed by atoms with van der Waals surface area (Å²) >= 11 is 7.00. The van der Waals surface area contributed by atoms with Crippen LogP contribution in [-0.2, 0) is 58.7 Å². The molecule has 0 aliphatic carbocycles. The fraction of sp³-hybridized carbons (Fsp3) is 0.406. The van der Waals surface area contributed by atoms with Crippen molar-refractivity contribution in [2.45, 2.75) is 58.8 Å². The second-order valence-corrected chi connectivity index (χ2v) is 10.8. The maximum absolute atomic E-state index is 13.1. The van der Waals surface area contributed by atoms with Crippen LogP contribution in [0.15, 0.2) is 36.4 Å². The van der Waals surface area contributed by atoms with E-state index in [9.17, 15) is 9.59 Å². The van der Waals surface area contributed by atoms with Gasteiger partial charge in [-0.2, -0.15) is 5.10 Å². The fourth-order valence-corrected chi connectivity index (χ4v) is 6.08. The van der Waals surface area contributed by atoms with E-state index >= 15 is 0 Å². The fourth-order valence-electron chi connectivity index (χ4n) is 5.83. The van der Waals surface area contributed by atoms with Crippen molar-refractivity contribution in [3.8, 4) is 16.9 Å². The summed E-state index contributed by atoms with van der Waals surface area (Å²) in [4.78, 5) is 24.4. The summed E-state index contributed by atoms with van der Waals surface area (Å²) in [5.74, 6) is 0.0337. The number of aryl methyl sites for hydroxylation is 3. The van der Waals surface area contributed by atoms with Crippen molar-refractivity contribution < 1.29 is 28.5 Å². The van der Waals surface area contributed by atoms with Crippen LogP contribution in [-0.4, -0.2) is 47.1 Å². The van der Waals surface area contributed by atoms with E-state index in [-0.39, 0.29) is 12.6 Å². The minimum atomic E-state index is -0.432. The number of hydrogen-bond donors (Lipinski definition) is 0. The number of fused-ring (bicyclic) bond motifs is 2. The van der Waals surface area contributed by atoms with E-state index in [4.69, 9.17) is 35.6 Å². The molecule has 1 aliphatic rings. The smallest absolute Gasteiger partial charge is 0.354 e. The van der Waals surface area contributed by atoms with Gasteiger partial charge in [-0.1, -0.05) is 29.8 Å². The molecular weight excluding hydrogens is 558 g/mol. The van der Waals surface area contributed by atoms with E-state index < -0.39 is 5.97 Å². The zero-order valence-corrected chi connectivity index (χ0v) is 25.3. The normalized spacial score (nSPS) is 12.8. The molecule has 2 aromatic heterocycles. The van der Waals surface area contributed by atoms with Crippen LogP contribution in [0.4, 0.5) is 0 Å². The van der Waals surface area contributed by atoms with Gasteiger partial charge in [0.15, 0.2) is 0 Å². The molecule has 0 unspecified atom stereocenters. The molecule has 222 valence electrons. The molecule has 0 saturated heterocycles. The lowest BCUT2D eigenvalue weighted by Crippen LogP contribution is -2.12. The van der Waals surface area contributed by atoms with Gasteiger partial charge >= 0.3 is 11.9 Å². The van der Waals surface area contributed by atoms with E-state index in [0.717, 1.165) is 76.1 Å². The standard InChI is InChI=1S/C32H36ClN3O6/c1-20(37)42-17-7-8-23-24-14-15-25(33)28(30(24)35(2)31(23)32(38)40-4)29-26(34-36-16-6-5-9-27(29)36)19-41-18-21-10-12-22(39-3)13-11-21/h10-15H,5-9,16-19H2,1-4H3. The summed E-state index contributed by atoms with van der Waals surface area (Å²) in [5.41, 5.74) is 6.89. The zero-order chi connectivity index (χ0) is 29.8. The van der Waals surface area contributed by atoms with Crippen molar-refractivity contribution in [1.29, 1.82) is 0 Å². The minimum absolute atomic E-state index is 0.263. The topological polar surface area (TPSA) is 93.8 Å². The molecule has 0 atom stereocenters. The molecule has 0 spiro atoms. The zero-order valence-electron chi connectivity index (χ0n) is 24.5. The molecule has 3 heterocycles. The van der Waals surface area contributed by atoms with Crippen LogP contribution in [0.5, 0.6) is 5.75 Å². The van der Waals surface area contributed by atoms with Crippen molar-refractivity contribution in [2.75, 3.05) is 20.8 Å². The van der Waals surface area contributed by atoms with E-state index in [2.05, 4.69) is 4.68 Å².